The Hall–Kier alpha value is -2.83. The van der Waals surface area contributed by atoms with Crippen LogP contribution < -0.4 is 4.74 Å². The first-order valence-electron chi connectivity index (χ1n) is 11.9. The zero-order valence-electron chi connectivity index (χ0n) is 20.1. The molecule has 1 amide bonds. The lowest BCUT2D eigenvalue weighted by molar-refractivity contribution is -0.140. The Morgan fingerprint density at radius 3 is 2.26 bits per heavy atom. The van der Waals surface area contributed by atoms with E-state index in [0.29, 0.717) is 36.0 Å². The van der Waals surface area contributed by atoms with Gasteiger partial charge >= 0.3 is 0 Å². The zero-order chi connectivity index (χ0) is 24.7. The number of nitrogens with zero attached hydrogens (tertiary/aromatic N) is 2. The Bertz CT molecular complexity index is 1010. The molecule has 2 aromatic rings. The van der Waals surface area contributed by atoms with E-state index in [2.05, 4.69) is 25.7 Å². The molecule has 2 aromatic carbocycles. The first-order chi connectivity index (χ1) is 16.4. The normalized spacial score (nSPS) is 17.6. The Morgan fingerprint density at radius 1 is 1.03 bits per heavy atom. The molecule has 0 bridgehead atoms. The molecule has 0 spiro atoms. The summed E-state index contributed by atoms with van der Waals surface area (Å²) < 4.78 is 5.69. The van der Waals surface area contributed by atoms with Gasteiger partial charge in [-0.3, -0.25) is 9.59 Å². The number of ketones is 1. The third-order valence-electron chi connectivity index (χ3n) is 6.17. The fraction of sp³-hybridized carbons (Fsp3) is 0.407. The van der Waals surface area contributed by atoms with Crippen molar-refractivity contribution in [3.8, 4) is 5.75 Å². The molecule has 3 rings (SSSR count). The maximum Gasteiger partial charge on any atom is 0.295 e. The van der Waals surface area contributed by atoms with Gasteiger partial charge in [-0.1, -0.05) is 50.9 Å². The van der Waals surface area contributed by atoms with Crippen molar-refractivity contribution in [2.45, 2.75) is 39.7 Å². The minimum Gasteiger partial charge on any atom is -0.507 e. The Labute approximate surface area is 206 Å². The van der Waals surface area contributed by atoms with Gasteiger partial charge in [0.2, 0.25) is 0 Å². The number of benzene rings is 2. The van der Waals surface area contributed by atoms with E-state index in [1.807, 2.05) is 0 Å². The van der Waals surface area contributed by atoms with Crippen molar-refractivity contribution in [1.29, 1.82) is 0 Å². The molecule has 1 unspecified atom stereocenters. The first kappa shape index (κ1) is 25.8. The summed E-state index contributed by atoms with van der Waals surface area (Å²) in [5.74, 6) is -0.781. The number of unbranched alkanes of at least 4 members (excludes halogenated alkanes) is 1. The second-order valence-corrected chi connectivity index (χ2v) is 8.73. The number of aliphatic hydroxyl groups excluding tert-OH is 1. The second kappa shape index (κ2) is 12.0. The van der Waals surface area contributed by atoms with Gasteiger partial charge in [0.1, 0.15) is 11.5 Å². The topological polar surface area (TPSA) is 70.1 Å². The lowest BCUT2D eigenvalue weighted by Gasteiger charge is -2.28. The minimum atomic E-state index is -0.687. The molecule has 0 radical (unpaired) electrons. The van der Waals surface area contributed by atoms with Crippen LogP contribution in [0.4, 0.5) is 0 Å². The number of Topliss-reactive ketones (excluding diaryl/α,β-unsaturated/α-hetero) is 1. The van der Waals surface area contributed by atoms with Gasteiger partial charge in [0.05, 0.1) is 18.2 Å². The van der Waals surface area contributed by atoms with Gasteiger partial charge in [-0.05, 0) is 61.5 Å². The molecule has 182 valence electrons. The highest BCUT2D eigenvalue weighted by molar-refractivity contribution is 6.46. The highest BCUT2D eigenvalue weighted by atomic mass is 35.5. The van der Waals surface area contributed by atoms with Crippen molar-refractivity contribution >= 4 is 29.1 Å². The van der Waals surface area contributed by atoms with Crippen LogP contribution in [-0.2, 0) is 9.59 Å². The van der Waals surface area contributed by atoms with E-state index in [9.17, 15) is 14.7 Å². The molecule has 0 aliphatic carbocycles. The average molecular weight is 485 g/mol. The third-order valence-corrected chi connectivity index (χ3v) is 6.42. The molecule has 1 aliphatic heterocycles. The molecule has 34 heavy (non-hydrogen) atoms. The van der Waals surface area contributed by atoms with Crippen LogP contribution in [0.1, 0.15) is 50.8 Å². The minimum absolute atomic E-state index is 0.0894. The van der Waals surface area contributed by atoms with E-state index in [4.69, 9.17) is 16.3 Å². The number of ether oxygens (including phenoxy) is 1. The Balaban J connectivity index is 1.98. The number of likely N-dealkylation sites (tertiary alicyclic amines) is 1. The number of hydrogen-bond donors (Lipinski definition) is 1. The number of hydrogen-bond acceptors (Lipinski definition) is 5. The van der Waals surface area contributed by atoms with Crippen LogP contribution in [0.25, 0.3) is 5.76 Å². The van der Waals surface area contributed by atoms with E-state index >= 15 is 0 Å². The zero-order valence-corrected chi connectivity index (χ0v) is 20.8. The third kappa shape index (κ3) is 5.80. The summed E-state index contributed by atoms with van der Waals surface area (Å²) >= 11 is 6.08. The van der Waals surface area contributed by atoms with Crippen molar-refractivity contribution < 1.29 is 19.4 Å². The summed E-state index contributed by atoms with van der Waals surface area (Å²) in [6.45, 7) is 9.54. The van der Waals surface area contributed by atoms with Crippen LogP contribution in [0.15, 0.2) is 54.1 Å². The molecule has 1 aliphatic rings. The summed E-state index contributed by atoms with van der Waals surface area (Å²) in [6, 6.07) is 13.3. The van der Waals surface area contributed by atoms with Crippen molar-refractivity contribution in [2.75, 3.05) is 32.8 Å². The number of amides is 1. The standard InChI is InChI=1S/C27H33ClN2O4/c1-4-7-18-34-22-14-10-20(11-15-22)25(31)23-24(19-8-12-21(28)13-9-19)30(27(33)26(23)32)17-16-29(5-2)6-3/h8-15,24,31H,4-7,16-18H2,1-3H3/b25-23+. The molecular weight excluding hydrogens is 452 g/mol. The molecule has 0 aromatic heterocycles. The Kier molecular flexibility index (Phi) is 9.13. The molecule has 1 heterocycles. The van der Waals surface area contributed by atoms with Crippen molar-refractivity contribution in [3.63, 3.8) is 0 Å². The van der Waals surface area contributed by atoms with Gasteiger partial charge in [-0.25, -0.2) is 0 Å². The smallest absolute Gasteiger partial charge is 0.295 e. The fourth-order valence-corrected chi connectivity index (χ4v) is 4.22. The van der Waals surface area contributed by atoms with Gasteiger partial charge in [-0.15, -0.1) is 0 Å². The molecule has 0 saturated carbocycles. The van der Waals surface area contributed by atoms with Crippen LogP contribution in [0.5, 0.6) is 5.75 Å². The van der Waals surface area contributed by atoms with Crippen LogP contribution >= 0.6 is 11.6 Å². The summed E-state index contributed by atoms with van der Waals surface area (Å²) in [7, 11) is 0. The number of carbonyl (C=O) groups is 2. The predicted octanol–water partition coefficient (Wildman–Crippen LogP) is 5.28. The highest BCUT2D eigenvalue weighted by Crippen LogP contribution is 2.39. The van der Waals surface area contributed by atoms with E-state index in [0.717, 1.165) is 31.5 Å². The maximum absolute atomic E-state index is 13.1. The predicted molar refractivity (Wildman–Crippen MR) is 135 cm³/mol. The van der Waals surface area contributed by atoms with Crippen molar-refractivity contribution in [3.05, 3.63) is 70.3 Å². The number of likely N-dealkylation sites (N-methyl/N-ethyl adjacent to an activating group) is 1. The van der Waals surface area contributed by atoms with Crippen LogP contribution in [0.2, 0.25) is 5.02 Å². The first-order valence-corrected chi connectivity index (χ1v) is 12.3. The summed E-state index contributed by atoms with van der Waals surface area (Å²) in [5, 5.41) is 11.7. The van der Waals surface area contributed by atoms with Crippen LogP contribution in [0, 0.1) is 0 Å². The monoisotopic (exact) mass is 484 g/mol. The van der Waals surface area contributed by atoms with Crippen molar-refractivity contribution in [2.24, 2.45) is 0 Å². The van der Waals surface area contributed by atoms with Gasteiger partial charge in [0.25, 0.3) is 11.7 Å². The van der Waals surface area contributed by atoms with Gasteiger partial charge < -0.3 is 19.6 Å². The summed E-state index contributed by atoms with van der Waals surface area (Å²) in [5.41, 5.74) is 1.28. The maximum atomic E-state index is 13.1. The molecule has 1 fully saturated rings. The largest absolute Gasteiger partial charge is 0.507 e. The van der Waals surface area contributed by atoms with E-state index in [-0.39, 0.29) is 11.3 Å². The molecule has 1 atom stereocenters. The SMILES string of the molecule is CCCCOc1ccc(/C(O)=C2\C(=O)C(=O)N(CCN(CC)CC)C2c2ccc(Cl)cc2)cc1. The van der Waals surface area contributed by atoms with Crippen LogP contribution in [0.3, 0.4) is 0 Å². The van der Waals surface area contributed by atoms with Crippen molar-refractivity contribution in [1.82, 2.24) is 9.80 Å². The number of rotatable bonds is 11. The van der Waals surface area contributed by atoms with E-state index in [1.165, 1.54) is 0 Å². The van der Waals surface area contributed by atoms with Gasteiger partial charge in [0, 0.05) is 23.7 Å². The fourth-order valence-electron chi connectivity index (χ4n) is 4.09. The molecular formula is C27H33ClN2O4. The average Bonchev–Trinajstić information content (AvgIpc) is 3.10. The lowest BCUT2D eigenvalue weighted by atomic mass is 9.95. The number of aliphatic hydroxyl groups is 1. The number of halogens is 1. The lowest BCUT2D eigenvalue weighted by Crippen LogP contribution is -2.38. The van der Waals surface area contributed by atoms with E-state index < -0.39 is 17.7 Å². The highest BCUT2D eigenvalue weighted by Gasteiger charge is 2.45. The summed E-state index contributed by atoms with van der Waals surface area (Å²) in [4.78, 5) is 29.9. The quantitative estimate of drug-likeness (QED) is 0.203. The molecule has 6 nitrogen and oxygen atoms in total. The molecule has 1 N–H and O–H groups in total. The summed E-state index contributed by atoms with van der Waals surface area (Å²) in [6.07, 6.45) is 2.00. The van der Waals surface area contributed by atoms with Gasteiger partial charge in [-0.2, -0.15) is 0 Å². The Morgan fingerprint density at radius 2 is 1.68 bits per heavy atom. The van der Waals surface area contributed by atoms with Crippen LogP contribution in [-0.4, -0.2) is 59.4 Å². The number of carbonyl (C=O) groups excluding carboxylic acids is 2. The van der Waals surface area contributed by atoms with E-state index in [1.54, 1.807) is 53.4 Å². The molecule has 1 saturated heterocycles. The molecule has 7 heteroatoms. The van der Waals surface area contributed by atoms with Gasteiger partial charge in [0.15, 0.2) is 0 Å². The second-order valence-electron chi connectivity index (χ2n) is 8.30.